The molecule has 0 unspecified atom stereocenters. The molecule has 0 fully saturated rings. The summed E-state index contributed by atoms with van der Waals surface area (Å²) >= 11 is 0. The molecule has 27 heavy (non-hydrogen) atoms. The summed E-state index contributed by atoms with van der Waals surface area (Å²) in [6.45, 7) is 1.67. The Morgan fingerprint density at radius 3 is 2.74 bits per heavy atom. The minimum atomic E-state index is -0.651. The van der Waals surface area contributed by atoms with Crippen molar-refractivity contribution in [3.8, 4) is 5.69 Å². The number of para-hydroxylation sites is 1. The predicted molar refractivity (Wildman–Crippen MR) is 94.7 cm³/mol. The van der Waals surface area contributed by atoms with Gasteiger partial charge in [0.1, 0.15) is 16.8 Å². The van der Waals surface area contributed by atoms with Crippen molar-refractivity contribution in [3.63, 3.8) is 0 Å². The monoisotopic (exact) mass is 366 g/mol. The first-order chi connectivity index (χ1) is 13.1. The van der Waals surface area contributed by atoms with Gasteiger partial charge in [-0.25, -0.2) is 9.36 Å². The highest BCUT2D eigenvalue weighted by Gasteiger charge is 2.24. The maximum Gasteiger partial charge on any atom is 0.335 e. The van der Waals surface area contributed by atoms with Gasteiger partial charge in [-0.1, -0.05) is 18.2 Å². The largest absolute Gasteiger partial charge is 0.444 e. The zero-order chi connectivity index (χ0) is 19.0. The summed E-state index contributed by atoms with van der Waals surface area (Å²) in [5.41, 5.74) is -0.339. The fourth-order valence-corrected chi connectivity index (χ4v) is 2.85. The number of hydrogen-bond acceptors (Lipinski definition) is 6. The van der Waals surface area contributed by atoms with Crippen LogP contribution in [-0.4, -0.2) is 30.9 Å². The number of furan rings is 1. The van der Waals surface area contributed by atoms with Crippen molar-refractivity contribution in [3.05, 3.63) is 74.4 Å². The lowest BCUT2D eigenvalue weighted by molar-refractivity contribution is 0.0950. The Kier molecular flexibility index (Phi) is 3.92. The molecule has 1 aromatic carbocycles. The lowest BCUT2D eigenvalue weighted by Crippen LogP contribution is -2.34. The Labute approximate surface area is 150 Å². The van der Waals surface area contributed by atoms with Crippen molar-refractivity contribution in [2.75, 3.05) is 0 Å². The van der Waals surface area contributed by atoms with Crippen molar-refractivity contribution < 1.29 is 9.21 Å². The van der Waals surface area contributed by atoms with Crippen LogP contribution in [0.1, 0.15) is 21.8 Å². The molecule has 1 amide bonds. The smallest absolute Gasteiger partial charge is 0.335 e. The molecule has 0 aliphatic heterocycles. The zero-order valence-electron chi connectivity index (χ0n) is 14.1. The molecule has 3 N–H and O–H groups in total. The summed E-state index contributed by atoms with van der Waals surface area (Å²) in [5, 5.41) is 12.6. The number of benzene rings is 1. The minimum absolute atomic E-state index is 0.00797. The summed E-state index contributed by atoms with van der Waals surface area (Å²) in [6.07, 6.45) is 1.47. The summed E-state index contributed by atoms with van der Waals surface area (Å²) in [7, 11) is 0. The number of rotatable bonds is 4. The quantitative estimate of drug-likeness (QED) is 0.484. The number of nitrogens with one attached hydrogen (secondary N) is 3. The zero-order valence-corrected chi connectivity index (χ0v) is 14.1. The van der Waals surface area contributed by atoms with E-state index in [0.29, 0.717) is 11.4 Å². The van der Waals surface area contributed by atoms with Gasteiger partial charge in [0, 0.05) is 0 Å². The van der Waals surface area contributed by atoms with Crippen LogP contribution in [-0.2, 0) is 6.54 Å². The van der Waals surface area contributed by atoms with E-state index in [0.717, 1.165) is 4.57 Å². The molecule has 3 heterocycles. The Bertz CT molecular complexity index is 1230. The van der Waals surface area contributed by atoms with Gasteiger partial charge in [-0.2, -0.15) is 15.4 Å². The average Bonchev–Trinajstić information content (AvgIpc) is 3.28. The van der Waals surface area contributed by atoms with Gasteiger partial charge in [-0.05, 0) is 19.1 Å². The lowest BCUT2D eigenvalue weighted by Gasteiger charge is -2.05. The molecule has 0 atom stereocenters. The number of carbonyl (C=O) groups is 1. The SMILES string of the molecule is Cc1oc2[nH]c(=O)n(-c3ccccc3)c(=O)c2c1C(=O)NCc1cn[nH]n1. The second-order valence-corrected chi connectivity index (χ2v) is 5.79. The number of aryl methyl sites for hydroxylation is 1. The highest BCUT2D eigenvalue weighted by Crippen LogP contribution is 2.20. The molecular weight excluding hydrogens is 352 g/mol. The van der Waals surface area contributed by atoms with Crippen LogP contribution in [0.25, 0.3) is 16.8 Å². The van der Waals surface area contributed by atoms with Gasteiger partial charge < -0.3 is 9.73 Å². The van der Waals surface area contributed by atoms with Crippen LogP contribution in [0.4, 0.5) is 0 Å². The maximum atomic E-state index is 13.0. The minimum Gasteiger partial charge on any atom is -0.444 e. The molecule has 0 radical (unpaired) electrons. The molecule has 0 bridgehead atoms. The molecule has 0 saturated carbocycles. The molecule has 4 rings (SSSR count). The van der Waals surface area contributed by atoms with Gasteiger partial charge in [0.15, 0.2) is 0 Å². The van der Waals surface area contributed by atoms with E-state index in [9.17, 15) is 14.4 Å². The highest BCUT2D eigenvalue weighted by atomic mass is 16.3. The van der Waals surface area contributed by atoms with Crippen LogP contribution in [0.15, 0.2) is 50.5 Å². The van der Waals surface area contributed by atoms with Crippen molar-refractivity contribution in [2.24, 2.45) is 0 Å². The number of aromatic amines is 2. The average molecular weight is 366 g/mol. The van der Waals surface area contributed by atoms with E-state index in [1.54, 1.807) is 37.3 Å². The van der Waals surface area contributed by atoms with Crippen LogP contribution < -0.4 is 16.6 Å². The van der Waals surface area contributed by atoms with Crippen molar-refractivity contribution in [1.29, 1.82) is 0 Å². The standard InChI is InChI=1S/C17H14N6O4/c1-9-12(14(24)18-7-10-8-19-22-21-10)13-15(27-9)20-17(26)23(16(13)25)11-5-3-2-4-6-11/h2-6,8H,7H2,1H3,(H,18,24)(H,20,26)(H,19,21,22). The second-order valence-electron chi connectivity index (χ2n) is 5.79. The fraction of sp³-hybridized carbons (Fsp3) is 0.118. The Morgan fingerprint density at radius 2 is 2.04 bits per heavy atom. The lowest BCUT2D eigenvalue weighted by atomic mass is 10.1. The highest BCUT2D eigenvalue weighted by molar-refractivity contribution is 6.06. The topological polar surface area (TPSA) is 139 Å². The van der Waals surface area contributed by atoms with E-state index in [1.807, 2.05) is 0 Å². The van der Waals surface area contributed by atoms with Gasteiger partial charge in [0.05, 0.1) is 24.0 Å². The Morgan fingerprint density at radius 1 is 1.26 bits per heavy atom. The van der Waals surface area contributed by atoms with E-state index < -0.39 is 17.2 Å². The molecule has 136 valence electrons. The third kappa shape index (κ3) is 2.82. The molecule has 0 spiro atoms. The summed E-state index contributed by atoms with van der Waals surface area (Å²) in [4.78, 5) is 40.5. The van der Waals surface area contributed by atoms with Gasteiger partial charge in [0.25, 0.3) is 11.5 Å². The van der Waals surface area contributed by atoms with Gasteiger partial charge in [-0.3, -0.25) is 14.6 Å². The first-order valence-electron chi connectivity index (χ1n) is 8.03. The van der Waals surface area contributed by atoms with Gasteiger partial charge in [-0.15, -0.1) is 0 Å². The molecule has 4 aromatic rings. The third-order valence-electron chi connectivity index (χ3n) is 4.06. The van der Waals surface area contributed by atoms with E-state index in [1.165, 1.54) is 6.20 Å². The summed E-state index contributed by atoms with van der Waals surface area (Å²) in [5.74, 6) is -0.292. The number of nitrogens with zero attached hydrogens (tertiary/aromatic N) is 3. The molecule has 0 aliphatic rings. The Hall–Kier alpha value is -3.95. The number of H-pyrrole nitrogens is 2. The van der Waals surface area contributed by atoms with E-state index >= 15 is 0 Å². The van der Waals surface area contributed by atoms with Crippen molar-refractivity contribution in [2.45, 2.75) is 13.5 Å². The molecule has 3 aromatic heterocycles. The Balaban J connectivity index is 1.84. The van der Waals surface area contributed by atoms with E-state index in [-0.39, 0.29) is 29.0 Å². The van der Waals surface area contributed by atoms with Crippen LogP contribution in [0.2, 0.25) is 0 Å². The number of aromatic nitrogens is 5. The van der Waals surface area contributed by atoms with Crippen LogP contribution in [0, 0.1) is 6.92 Å². The maximum absolute atomic E-state index is 13.0. The van der Waals surface area contributed by atoms with Crippen LogP contribution >= 0.6 is 0 Å². The molecular formula is C17H14N6O4. The normalized spacial score (nSPS) is 11.0. The summed E-state index contributed by atoms with van der Waals surface area (Å²) in [6, 6.07) is 8.43. The predicted octanol–water partition coefficient (Wildman–Crippen LogP) is 0.629. The molecule has 0 saturated heterocycles. The third-order valence-corrected chi connectivity index (χ3v) is 4.06. The van der Waals surface area contributed by atoms with E-state index in [4.69, 9.17) is 4.42 Å². The van der Waals surface area contributed by atoms with E-state index in [2.05, 4.69) is 25.7 Å². The number of carbonyl (C=O) groups excluding carboxylic acids is 1. The first kappa shape index (κ1) is 16.5. The van der Waals surface area contributed by atoms with Crippen molar-refractivity contribution in [1.82, 2.24) is 30.3 Å². The fourth-order valence-electron chi connectivity index (χ4n) is 2.85. The molecule has 10 heteroatoms. The number of hydrogen-bond donors (Lipinski definition) is 3. The van der Waals surface area contributed by atoms with Crippen molar-refractivity contribution >= 4 is 17.0 Å². The van der Waals surface area contributed by atoms with Crippen LogP contribution in [0.5, 0.6) is 0 Å². The second kappa shape index (κ2) is 6.41. The van der Waals surface area contributed by atoms with Gasteiger partial charge >= 0.3 is 5.69 Å². The van der Waals surface area contributed by atoms with Crippen LogP contribution in [0.3, 0.4) is 0 Å². The van der Waals surface area contributed by atoms with Gasteiger partial charge in [0.2, 0.25) is 5.71 Å². The molecule has 0 aliphatic carbocycles. The first-order valence-corrected chi connectivity index (χ1v) is 8.03. The number of fused-ring (bicyclic) bond motifs is 1. The number of amides is 1. The summed E-state index contributed by atoms with van der Waals surface area (Å²) < 4.78 is 6.41. The molecule has 10 nitrogen and oxygen atoms in total.